The average Bonchev–Trinajstić information content (AvgIpc) is 2.03. The van der Waals surface area contributed by atoms with Gasteiger partial charge in [-0.3, -0.25) is 0 Å². The maximum Gasteiger partial charge on any atom is 0.229 e. The van der Waals surface area contributed by atoms with Gasteiger partial charge in [-0.05, 0) is 17.7 Å². The summed E-state index contributed by atoms with van der Waals surface area (Å²) in [4.78, 5) is 0. The predicted molar refractivity (Wildman–Crippen MR) is 45.3 cm³/mol. The Morgan fingerprint density at radius 2 is 2.17 bits per heavy atom. The molecule has 0 saturated carbocycles. The van der Waals surface area contributed by atoms with Crippen molar-refractivity contribution in [3.63, 3.8) is 0 Å². The fourth-order valence-corrected chi connectivity index (χ4v) is 1.30. The molecule has 4 N–H and O–H groups in total. The lowest BCUT2D eigenvalue weighted by Gasteiger charge is -2.07. The molecule has 1 aromatic rings. The Balaban J connectivity index is 3.02. The van der Waals surface area contributed by atoms with Crippen LogP contribution in [0.25, 0.3) is 0 Å². The van der Waals surface area contributed by atoms with Crippen LogP contribution in [0.5, 0.6) is 0 Å². The minimum absolute atomic E-state index is 0.444. The molecule has 5 heteroatoms. The summed E-state index contributed by atoms with van der Waals surface area (Å²) in [5.74, 6) is 0. The van der Waals surface area contributed by atoms with E-state index in [-0.39, 0.29) is 0 Å². The zero-order chi connectivity index (χ0) is 9.19. The van der Waals surface area contributed by atoms with Crippen LogP contribution in [0.15, 0.2) is 24.3 Å². The normalized spacial score (nSPS) is 14.2. The molecular weight excluding hydrogens is 176 g/mol. The highest BCUT2D eigenvalue weighted by molar-refractivity contribution is 7.89. The minimum atomic E-state index is -3.70. The molecule has 0 aliphatic carbocycles. The van der Waals surface area contributed by atoms with Crippen molar-refractivity contribution in [2.75, 3.05) is 0 Å². The number of primary sulfonamides is 1. The third-order valence-corrected chi connectivity index (χ3v) is 2.39. The number of sulfonamides is 1. The summed E-state index contributed by atoms with van der Waals surface area (Å²) >= 11 is 0. The fraction of sp³-hybridized carbons (Fsp3) is 0.143. The summed E-state index contributed by atoms with van der Waals surface area (Å²) in [6.07, 6.45) is 0. The van der Waals surface area contributed by atoms with Gasteiger partial charge in [-0.15, -0.1) is 0 Å². The largest absolute Gasteiger partial charge is 0.310 e. The summed E-state index contributed by atoms with van der Waals surface area (Å²) < 4.78 is 21.5. The van der Waals surface area contributed by atoms with E-state index in [9.17, 15) is 8.42 Å². The molecule has 1 unspecified atom stereocenters. The second kappa shape index (κ2) is 3.22. The van der Waals surface area contributed by atoms with E-state index in [0.717, 1.165) is 0 Å². The average molecular weight is 185 g/mol. The summed E-state index contributed by atoms with van der Waals surface area (Å²) in [5, 5.41) is 3.69. The van der Waals surface area contributed by atoms with Crippen molar-refractivity contribution < 1.29 is 8.42 Å². The molecule has 65 valence electrons. The number of hydrogen-bond donors (Lipinski definition) is 2. The molecule has 0 saturated heterocycles. The third-order valence-electron chi connectivity index (χ3n) is 1.41. The summed E-state index contributed by atoms with van der Waals surface area (Å²) in [7, 11) is -3.70. The number of rotatable bonds is 2. The first kappa shape index (κ1) is 9.18. The van der Waals surface area contributed by atoms with E-state index >= 15 is 0 Å². The first-order chi connectivity index (χ1) is 5.52. The van der Waals surface area contributed by atoms with E-state index in [4.69, 9.17) is 10.9 Å². The monoisotopic (exact) mass is 185 g/mol. The van der Waals surface area contributed by atoms with Gasteiger partial charge in [0.1, 0.15) is 5.37 Å². The molecule has 1 atom stereocenters. The van der Waals surface area contributed by atoms with Crippen molar-refractivity contribution in [1.82, 2.24) is 0 Å². The fourth-order valence-electron chi connectivity index (χ4n) is 0.774. The molecule has 0 fully saturated rings. The molecule has 0 aliphatic heterocycles. The first-order valence-corrected chi connectivity index (χ1v) is 4.86. The molecule has 0 aliphatic rings. The Morgan fingerprint density at radius 1 is 1.50 bits per heavy atom. The van der Waals surface area contributed by atoms with E-state index in [2.05, 4.69) is 6.07 Å². The third kappa shape index (κ3) is 2.04. The van der Waals surface area contributed by atoms with Gasteiger partial charge in [0.05, 0.1) is 0 Å². The molecule has 1 radical (unpaired) electrons. The highest BCUT2D eigenvalue weighted by atomic mass is 32.2. The molecule has 0 bridgehead atoms. The summed E-state index contributed by atoms with van der Waals surface area (Å²) in [6, 6.07) is 9.10. The van der Waals surface area contributed by atoms with E-state index in [0.29, 0.717) is 5.56 Å². The maximum absolute atomic E-state index is 10.8. The lowest BCUT2D eigenvalue weighted by molar-refractivity contribution is 0.585. The van der Waals surface area contributed by atoms with Crippen LogP contribution in [0.4, 0.5) is 0 Å². The van der Waals surface area contributed by atoms with Crippen molar-refractivity contribution in [2.24, 2.45) is 10.9 Å². The molecule has 4 nitrogen and oxygen atoms in total. The van der Waals surface area contributed by atoms with Crippen LogP contribution in [-0.2, 0) is 10.0 Å². The summed E-state index contributed by atoms with van der Waals surface area (Å²) in [5.41, 5.74) is 5.78. The highest BCUT2D eigenvalue weighted by Crippen LogP contribution is 2.12. The Hall–Kier alpha value is -0.910. The van der Waals surface area contributed by atoms with Crippen LogP contribution < -0.4 is 10.9 Å². The Kier molecular flexibility index (Phi) is 2.46. The van der Waals surface area contributed by atoms with Gasteiger partial charge < -0.3 is 5.73 Å². The predicted octanol–water partition coefficient (Wildman–Crippen LogP) is -0.267. The number of benzene rings is 1. The first-order valence-electron chi connectivity index (χ1n) is 3.25. The quantitative estimate of drug-likeness (QED) is 0.665. The van der Waals surface area contributed by atoms with Gasteiger partial charge in [0.25, 0.3) is 0 Å². The lowest BCUT2D eigenvalue weighted by atomic mass is 10.2. The minimum Gasteiger partial charge on any atom is -0.310 e. The van der Waals surface area contributed by atoms with Crippen LogP contribution in [-0.4, -0.2) is 8.42 Å². The second-order valence-corrected chi connectivity index (χ2v) is 4.03. The van der Waals surface area contributed by atoms with E-state index in [1.165, 1.54) is 6.07 Å². The van der Waals surface area contributed by atoms with E-state index in [1.54, 1.807) is 18.2 Å². The number of hydrogen-bond acceptors (Lipinski definition) is 3. The van der Waals surface area contributed by atoms with E-state index in [1.807, 2.05) is 0 Å². The van der Waals surface area contributed by atoms with Crippen LogP contribution in [0, 0.1) is 6.07 Å². The van der Waals surface area contributed by atoms with Gasteiger partial charge in [0.15, 0.2) is 0 Å². The molecule has 1 rings (SSSR count). The lowest BCUT2D eigenvalue weighted by Crippen LogP contribution is -2.28. The van der Waals surface area contributed by atoms with Crippen LogP contribution in [0.3, 0.4) is 0 Å². The summed E-state index contributed by atoms with van der Waals surface area (Å²) in [6.45, 7) is 0. The van der Waals surface area contributed by atoms with Gasteiger partial charge in [-0.2, -0.15) is 0 Å². The van der Waals surface area contributed by atoms with E-state index < -0.39 is 15.4 Å². The molecule has 0 spiro atoms. The van der Waals surface area contributed by atoms with Crippen molar-refractivity contribution in [3.8, 4) is 0 Å². The Labute approximate surface area is 71.2 Å². The Morgan fingerprint density at radius 3 is 2.58 bits per heavy atom. The van der Waals surface area contributed by atoms with Crippen LogP contribution >= 0.6 is 0 Å². The maximum atomic E-state index is 10.8. The topological polar surface area (TPSA) is 86.2 Å². The SMILES string of the molecule is NC(c1c[c]ccc1)S(N)(=O)=O. The highest BCUT2D eigenvalue weighted by Gasteiger charge is 2.17. The van der Waals surface area contributed by atoms with Crippen molar-refractivity contribution >= 4 is 10.0 Å². The van der Waals surface area contributed by atoms with Crippen molar-refractivity contribution in [2.45, 2.75) is 5.37 Å². The van der Waals surface area contributed by atoms with Crippen molar-refractivity contribution in [1.29, 1.82) is 0 Å². The zero-order valence-electron chi connectivity index (χ0n) is 6.27. The molecule has 0 heterocycles. The standard InChI is InChI=1S/C7H9N2O2S/c8-7(12(9,10)11)6-4-2-1-3-5-6/h1-2,4-5,7H,8H2,(H2,9,10,11). The van der Waals surface area contributed by atoms with Crippen molar-refractivity contribution in [3.05, 3.63) is 35.9 Å². The van der Waals surface area contributed by atoms with Gasteiger partial charge in [0, 0.05) is 0 Å². The van der Waals surface area contributed by atoms with Gasteiger partial charge in [-0.1, -0.05) is 18.2 Å². The second-order valence-electron chi connectivity index (χ2n) is 2.35. The number of nitrogens with two attached hydrogens (primary N) is 2. The molecule has 0 amide bonds. The molecule has 12 heavy (non-hydrogen) atoms. The van der Waals surface area contributed by atoms with Gasteiger partial charge in [-0.25, -0.2) is 13.6 Å². The molecule has 0 aromatic heterocycles. The van der Waals surface area contributed by atoms with Gasteiger partial charge >= 0.3 is 0 Å². The van der Waals surface area contributed by atoms with Crippen LogP contribution in [0.1, 0.15) is 10.9 Å². The Bertz CT molecular complexity index is 347. The molecular formula is C7H9N2O2S. The smallest absolute Gasteiger partial charge is 0.229 e. The van der Waals surface area contributed by atoms with Gasteiger partial charge in [0.2, 0.25) is 10.0 Å². The zero-order valence-corrected chi connectivity index (χ0v) is 7.08. The molecule has 1 aromatic carbocycles. The van der Waals surface area contributed by atoms with Crippen LogP contribution in [0.2, 0.25) is 0 Å².